The monoisotopic (exact) mass is 353 g/mol. The molecule has 1 saturated heterocycles. The van der Waals surface area contributed by atoms with Crippen LogP contribution in [0.2, 0.25) is 0 Å². The summed E-state index contributed by atoms with van der Waals surface area (Å²) < 4.78 is 16.0. The number of benzene rings is 1. The molecule has 26 heavy (non-hydrogen) atoms. The van der Waals surface area contributed by atoms with Crippen molar-refractivity contribution in [1.82, 2.24) is 14.8 Å². The highest BCUT2D eigenvalue weighted by Crippen LogP contribution is 2.30. The molecule has 1 saturated carbocycles. The van der Waals surface area contributed by atoms with E-state index in [9.17, 15) is 14.0 Å². The molecule has 2 aromatic rings. The number of rotatable bonds is 4. The van der Waals surface area contributed by atoms with Gasteiger partial charge in [0.25, 0.3) is 5.91 Å². The molecule has 1 N–H and O–H groups in total. The highest BCUT2D eigenvalue weighted by molar-refractivity contribution is 6.13. The molecule has 6 heteroatoms. The predicted molar refractivity (Wildman–Crippen MR) is 95.4 cm³/mol. The van der Waals surface area contributed by atoms with Crippen molar-refractivity contribution >= 4 is 18.0 Å². The van der Waals surface area contributed by atoms with Crippen LogP contribution in [0.5, 0.6) is 0 Å². The van der Waals surface area contributed by atoms with Gasteiger partial charge in [0, 0.05) is 24.0 Å². The zero-order valence-corrected chi connectivity index (χ0v) is 14.3. The molecule has 134 valence electrons. The number of halogens is 1. The molecule has 0 spiro atoms. The van der Waals surface area contributed by atoms with Crippen molar-refractivity contribution in [2.75, 3.05) is 0 Å². The molecule has 1 aromatic carbocycles. The fraction of sp³-hybridized carbons (Fsp3) is 0.300. The van der Waals surface area contributed by atoms with E-state index in [4.69, 9.17) is 0 Å². The lowest BCUT2D eigenvalue weighted by Gasteiger charge is -2.12. The van der Waals surface area contributed by atoms with Gasteiger partial charge in [0.1, 0.15) is 11.5 Å². The molecule has 0 unspecified atom stereocenters. The van der Waals surface area contributed by atoms with E-state index in [0.717, 1.165) is 10.5 Å². The average molecular weight is 353 g/mol. The second-order valence-electron chi connectivity index (χ2n) is 6.80. The Morgan fingerprint density at radius 2 is 1.92 bits per heavy atom. The van der Waals surface area contributed by atoms with E-state index in [1.165, 1.54) is 31.7 Å². The fourth-order valence-corrected chi connectivity index (χ4v) is 3.62. The van der Waals surface area contributed by atoms with Crippen LogP contribution in [0.1, 0.15) is 42.9 Å². The van der Waals surface area contributed by atoms with Gasteiger partial charge in [-0.25, -0.2) is 9.18 Å². The number of nitrogens with one attached hydrogen (secondary N) is 1. The molecule has 4 rings (SSSR count). The third kappa shape index (κ3) is 3.14. The second-order valence-corrected chi connectivity index (χ2v) is 6.80. The number of imide groups is 1. The van der Waals surface area contributed by atoms with Crippen molar-refractivity contribution in [1.29, 1.82) is 0 Å². The lowest BCUT2D eigenvalue weighted by atomic mass is 10.2. The summed E-state index contributed by atoms with van der Waals surface area (Å²) in [6, 6.07) is 8.07. The van der Waals surface area contributed by atoms with Gasteiger partial charge in [0.15, 0.2) is 0 Å². The first kappa shape index (κ1) is 16.6. The first-order chi connectivity index (χ1) is 12.6. The molecule has 5 nitrogen and oxygen atoms in total. The summed E-state index contributed by atoms with van der Waals surface area (Å²) in [4.78, 5) is 25.7. The van der Waals surface area contributed by atoms with Gasteiger partial charge in [-0.3, -0.25) is 9.69 Å². The van der Waals surface area contributed by atoms with Crippen LogP contribution in [0.25, 0.3) is 6.08 Å². The van der Waals surface area contributed by atoms with Crippen molar-refractivity contribution in [3.8, 4) is 0 Å². The van der Waals surface area contributed by atoms with Gasteiger partial charge in [-0.2, -0.15) is 0 Å². The molecule has 0 radical (unpaired) electrons. The van der Waals surface area contributed by atoms with Crippen LogP contribution in [0.3, 0.4) is 0 Å². The SMILES string of the molecule is O=C1N/C(=C/c2ccn(C3CCCC3)c2)C(=O)N1Cc1ccccc1F. The van der Waals surface area contributed by atoms with E-state index >= 15 is 0 Å². The van der Waals surface area contributed by atoms with Crippen LogP contribution in [0, 0.1) is 5.82 Å². The molecule has 0 bridgehead atoms. The van der Waals surface area contributed by atoms with Gasteiger partial charge in [0.05, 0.1) is 6.54 Å². The number of urea groups is 1. The minimum atomic E-state index is -0.528. The Morgan fingerprint density at radius 1 is 1.15 bits per heavy atom. The lowest BCUT2D eigenvalue weighted by molar-refractivity contribution is -0.123. The summed E-state index contributed by atoms with van der Waals surface area (Å²) in [6.07, 6.45) is 10.5. The molecule has 3 amide bonds. The Morgan fingerprint density at radius 3 is 2.69 bits per heavy atom. The minimum absolute atomic E-state index is 0.0855. The zero-order chi connectivity index (χ0) is 18.1. The summed E-state index contributed by atoms with van der Waals surface area (Å²) in [5.74, 6) is -0.869. The standard InChI is InChI=1S/C20H20FN3O2/c21-17-8-4-1-5-15(17)13-24-19(25)18(22-20(24)26)11-14-9-10-23(12-14)16-6-2-3-7-16/h1,4-5,8-12,16H,2-3,6-7,13H2,(H,22,26)/b18-11+. The molecule has 2 heterocycles. The van der Waals surface area contributed by atoms with Crippen LogP contribution in [0.15, 0.2) is 48.4 Å². The average Bonchev–Trinajstić information content (AvgIpc) is 3.35. The molecule has 1 aliphatic carbocycles. The Balaban J connectivity index is 1.51. The number of carbonyl (C=O) groups excluding carboxylic acids is 2. The van der Waals surface area contributed by atoms with Crippen LogP contribution >= 0.6 is 0 Å². The van der Waals surface area contributed by atoms with E-state index < -0.39 is 17.8 Å². The molecule has 1 aromatic heterocycles. The maximum Gasteiger partial charge on any atom is 0.329 e. The normalized spacial score (nSPS) is 19.6. The second kappa shape index (κ2) is 6.78. The number of carbonyl (C=O) groups is 2. The first-order valence-electron chi connectivity index (χ1n) is 8.87. The molecule has 2 aliphatic rings. The molecule has 0 atom stereocenters. The number of hydrogen-bond acceptors (Lipinski definition) is 2. The molecular formula is C20H20FN3O2. The number of aromatic nitrogens is 1. The van der Waals surface area contributed by atoms with Crippen molar-refractivity contribution < 1.29 is 14.0 Å². The van der Waals surface area contributed by atoms with E-state index in [0.29, 0.717) is 11.6 Å². The van der Waals surface area contributed by atoms with Gasteiger partial charge < -0.3 is 9.88 Å². The number of amides is 3. The third-order valence-electron chi connectivity index (χ3n) is 5.04. The van der Waals surface area contributed by atoms with E-state index in [1.807, 2.05) is 18.5 Å². The fourth-order valence-electron chi connectivity index (χ4n) is 3.62. The Bertz CT molecular complexity index is 881. The van der Waals surface area contributed by atoms with Gasteiger partial charge in [-0.15, -0.1) is 0 Å². The molecule has 1 aliphatic heterocycles. The summed E-state index contributed by atoms with van der Waals surface area (Å²) >= 11 is 0. The summed E-state index contributed by atoms with van der Waals surface area (Å²) in [5.41, 5.74) is 1.40. The van der Waals surface area contributed by atoms with Gasteiger partial charge in [-0.05, 0) is 36.6 Å². The first-order valence-corrected chi connectivity index (χ1v) is 8.87. The molecule has 2 fully saturated rings. The zero-order valence-electron chi connectivity index (χ0n) is 14.3. The topological polar surface area (TPSA) is 54.3 Å². The minimum Gasteiger partial charge on any atom is -0.351 e. The highest BCUT2D eigenvalue weighted by Gasteiger charge is 2.34. The summed E-state index contributed by atoms with van der Waals surface area (Å²) in [7, 11) is 0. The van der Waals surface area contributed by atoms with Crippen LogP contribution < -0.4 is 5.32 Å². The maximum atomic E-state index is 13.8. The third-order valence-corrected chi connectivity index (χ3v) is 5.04. The maximum absolute atomic E-state index is 13.8. The van der Waals surface area contributed by atoms with Gasteiger partial charge >= 0.3 is 6.03 Å². The summed E-state index contributed by atoms with van der Waals surface area (Å²) in [5, 5.41) is 2.59. The molecular weight excluding hydrogens is 333 g/mol. The Hall–Kier alpha value is -2.89. The van der Waals surface area contributed by atoms with Crippen molar-refractivity contribution in [3.63, 3.8) is 0 Å². The van der Waals surface area contributed by atoms with Crippen LogP contribution in [-0.4, -0.2) is 21.4 Å². The quantitative estimate of drug-likeness (QED) is 0.671. The predicted octanol–water partition coefficient (Wildman–Crippen LogP) is 3.84. The summed E-state index contributed by atoms with van der Waals surface area (Å²) in [6.45, 7) is -0.0855. The van der Waals surface area contributed by atoms with Gasteiger partial charge in [-0.1, -0.05) is 31.0 Å². The van der Waals surface area contributed by atoms with Crippen LogP contribution in [0.4, 0.5) is 9.18 Å². The smallest absolute Gasteiger partial charge is 0.329 e. The van der Waals surface area contributed by atoms with Crippen molar-refractivity contribution in [3.05, 3.63) is 65.4 Å². The van der Waals surface area contributed by atoms with Crippen molar-refractivity contribution in [2.45, 2.75) is 38.3 Å². The van der Waals surface area contributed by atoms with E-state index in [2.05, 4.69) is 9.88 Å². The lowest BCUT2D eigenvalue weighted by Crippen LogP contribution is -2.30. The number of hydrogen-bond donors (Lipinski definition) is 1. The number of nitrogens with zero attached hydrogens (tertiary/aromatic N) is 2. The Labute approximate surface area is 151 Å². The van der Waals surface area contributed by atoms with Crippen molar-refractivity contribution in [2.24, 2.45) is 0 Å². The van der Waals surface area contributed by atoms with E-state index in [1.54, 1.807) is 24.3 Å². The Kier molecular flexibility index (Phi) is 4.32. The van der Waals surface area contributed by atoms with Crippen LogP contribution in [-0.2, 0) is 11.3 Å². The largest absolute Gasteiger partial charge is 0.351 e. The van der Waals surface area contributed by atoms with Gasteiger partial charge in [0.2, 0.25) is 0 Å². The highest BCUT2D eigenvalue weighted by atomic mass is 19.1. The van der Waals surface area contributed by atoms with E-state index in [-0.39, 0.29) is 12.2 Å².